The molecule has 94 valence electrons. The van der Waals surface area contributed by atoms with Crippen LogP contribution in [0.2, 0.25) is 0 Å². The number of aromatic nitrogens is 1. The second-order valence-electron chi connectivity index (χ2n) is 4.35. The second kappa shape index (κ2) is 5.91. The number of carbonyl (C=O) groups excluding carboxylic acids is 1. The number of hydrogen-bond donors (Lipinski definition) is 0. The number of carbonyl (C=O) groups is 1. The van der Waals surface area contributed by atoms with Crippen LogP contribution in [0.3, 0.4) is 0 Å². The molecular weight excluding hydrogens is 242 g/mol. The van der Waals surface area contributed by atoms with Gasteiger partial charge in [0.15, 0.2) is 5.78 Å². The van der Waals surface area contributed by atoms with E-state index >= 15 is 0 Å². The highest BCUT2D eigenvalue weighted by molar-refractivity contribution is 7.13. The summed E-state index contributed by atoms with van der Waals surface area (Å²) in [6, 6.07) is 10.3. The first-order valence-electron chi connectivity index (χ1n) is 6.24. The summed E-state index contributed by atoms with van der Waals surface area (Å²) in [5.41, 5.74) is 2.21. The second-order valence-corrected chi connectivity index (χ2v) is 5.44. The van der Waals surface area contributed by atoms with E-state index in [1.165, 1.54) is 5.56 Å². The zero-order valence-corrected chi connectivity index (χ0v) is 11.6. The summed E-state index contributed by atoms with van der Waals surface area (Å²) in [5, 5.41) is 1.04. The van der Waals surface area contributed by atoms with Gasteiger partial charge in [-0.25, -0.2) is 4.98 Å². The molecule has 2 nitrogen and oxygen atoms in total. The number of ketones is 1. The number of nitrogens with zero attached hydrogens (tertiary/aromatic N) is 1. The Bertz CT molecular complexity index is 531. The van der Waals surface area contributed by atoms with Gasteiger partial charge in [-0.2, -0.15) is 0 Å². The maximum absolute atomic E-state index is 11.6. The highest BCUT2D eigenvalue weighted by atomic mass is 32.1. The summed E-state index contributed by atoms with van der Waals surface area (Å²) in [4.78, 5) is 17.0. The van der Waals surface area contributed by atoms with Crippen LogP contribution in [0.25, 0.3) is 0 Å². The molecule has 1 aromatic heterocycles. The number of hydrogen-bond acceptors (Lipinski definition) is 3. The predicted octanol–water partition coefficient (Wildman–Crippen LogP) is 3.89. The molecule has 3 heteroatoms. The molecule has 0 aliphatic heterocycles. The van der Waals surface area contributed by atoms with Crippen molar-refractivity contribution in [3.63, 3.8) is 0 Å². The van der Waals surface area contributed by atoms with Crippen LogP contribution in [0.4, 0.5) is 0 Å². The maximum atomic E-state index is 11.6. The molecule has 0 aliphatic rings. The molecule has 0 aliphatic carbocycles. The van der Waals surface area contributed by atoms with Crippen molar-refractivity contribution in [2.75, 3.05) is 0 Å². The van der Waals surface area contributed by atoms with Gasteiger partial charge in [0.05, 0.1) is 15.6 Å². The molecule has 0 amide bonds. The Morgan fingerprint density at radius 2 is 2.00 bits per heavy atom. The van der Waals surface area contributed by atoms with Gasteiger partial charge in [-0.05, 0) is 12.0 Å². The Balaban J connectivity index is 2.24. The predicted molar refractivity (Wildman–Crippen MR) is 75.4 cm³/mol. The molecule has 0 saturated heterocycles. The Morgan fingerprint density at radius 3 is 2.61 bits per heavy atom. The molecule has 1 aromatic carbocycles. The van der Waals surface area contributed by atoms with E-state index < -0.39 is 0 Å². The van der Waals surface area contributed by atoms with E-state index in [-0.39, 0.29) is 5.78 Å². The van der Waals surface area contributed by atoms with E-state index in [0.29, 0.717) is 0 Å². The van der Waals surface area contributed by atoms with Crippen LogP contribution in [0.15, 0.2) is 30.3 Å². The standard InChI is InChI=1S/C15H17NOS/c1-3-7-13-15(11(2)17)18-14(16-13)10-12-8-5-4-6-9-12/h4-6,8-9H,3,7,10H2,1-2H3. The average Bonchev–Trinajstić information content (AvgIpc) is 2.74. The van der Waals surface area contributed by atoms with Crippen molar-refractivity contribution < 1.29 is 4.79 Å². The Labute approximate surface area is 112 Å². The van der Waals surface area contributed by atoms with Crippen LogP contribution in [0.1, 0.15) is 46.2 Å². The quantitative estimate of drug-likeness (QED) is 0.762. The minimum atomic E-state index is 0.135. The van der Waals surface area contributed by atoms with E-state index in [4.69, 9.17) is 0 Å². The van der Waals surface area contributed by atoms with E-state index in [1.807, 2.05) is 18.2 Å². The highest BCUT2D eigenvalue weighted by Gasteiger charge is 2.14. The molecule has 18 heavy (non-hydrogen) atoms. The summed E-state index contributed by atoms with van der Waals surface area (Å²) in [7, 11) is 0. The number of thiazole rings is 1. The molecule has 0 unspecified atom stereocenters. The molecular formula is C15H17NOS. The van der Waals surface area contributed by atoms with Crippen LogP contribution in [-0.2, 0) is 12.8 Å². The lowest BCUT2D eigenvalue weighted by molar-refractivity contribution is 0.102. The SMILES string of the molecule is CCCc1nc(Cc2ccccc2)sc1C(C)=O. The van der Waals surface area contributed by atoms with Crippen LogP contribution in [0, 0.1) is 0 Å². The molecule has 2 rings (SSSR count). The fourth-order valence-electron chi connectivity index (χ4n) is 1.93. The summed E-state index contributed by atoms with van der Waals surface area (Å²) < 4.78 is 0. The van der Waals surface area contributed by atoms with Crippen molar-refractivity contribution in [2.45, 2.75) is 33.1 Å². The first-order valence-corrected chi connectivity index (χ1v) is 7.05. The zero-order valence-electron chi connectivity index (χ0n) is 10.8. The first-order chi connectivity index (χ1) is 8.70. The lowest BCUT2D eigenvalue weighted by Gasteiger charge is -1.96. The van der Waals surface area contributed by atoms with Crippen molar-refractivity contribution in [1.29, 1.82) is 0 Å². The first kappa shape index (κ1) is 13.0. The van der Waals surface area contributed by atoms with Gasteiger partial charge >= 0.3 is 0 Å². The molecule has 0 saturated carbocycles. The Kier molecular flexibility index (Phi) is 4.26. The van der Waals surface area contributed by atoms with Gasteiger partial charge in [0.25, 0.3) is 0 Å². The highest BCUT2D eigenvalue weighted by Crippen LogP contribution is 2.22. The van der Waals surface area contributed by atoms with Crippen LogP contribution in [-0.4, -0.2) is 10.8 Å². The van der Waals surface area contributed by atoms with Gasteiger partial charge in [0, 0.05) is 13.3 Å². The van der Waals surface area contributed by atoms with Crippen molar-refractivity contribution >= 4 is 17.1 Å². The van der Waals surface area contributed by atoms with Gasteiger partial charge in [-0.3, -0.25) is 4.79 Å². The van der Waals surface area contributed by atoms with Crippen LogP contribution >= 0.6 is 11.3 Å². The third kappa shape index (κ3) is 3.05. The van der Waals surface area contributed by atoms with E-state index in [0.717, 1.165) is 34.8 Å². The smallest absolute Gasteiger partial charge is 0.171 e. The van der Waals surface area contributed by atoms with Crippen LogP contribution < -0.4 is 0 Å². The number of aryl methyl sites for hydroxylation is 1. The van der Waals surface area contributed by atoms with E-state index in [1.54, 1.807) is 18.3 Å². The molecule has 1 heterocycles. The molecule has 0 fully saturated rings. The summed E-state index contributed by atoms with van der Waals surface area (Å²) >= 11 is 1.54. The molecule has 0 spiro atoms. The minimum absolute atomic E-state index is 0.135. The molecule has 2 aromatic rings. The number of Topliss-reactive ketones (excluding diaryl/α,β-unsaturated/α-hetero) is 1. The lowest BCUT2D eigenvalue weighted by atomic mass is 10.1. The normalized spacial score (nSPS) is 10.6. The summed E-state index contributed by atoms with van der Waals surface area (Å²) in [6.07, 6.45) is 2.73. The summed E-state index contributed by atoms with van der Waals surface area (Å²) in [5.74, 6) is 0.135. The Morgan fingerprint density at radius 1 is 1.28 bits per heavy atom. The van der Waals surface area contributed by atoms with Gasteiger partial charge in [0.1, 0.15) is 0 Å². The van der Waals surface area contributed by atoms with Gasteiger partial charge in [-0.15, -0.1) is 11.3 Å². The van der Waals surface area contributed by atoms with Crippen molar-refractivity contribution in [3.05, 3.63) is 51.5 Å². The van der Waals surface area contributed by atoms with Gasteiger partial charge in [0.2, 0.25) is 0 Å². The van der Waals surface area contributed by atoms with E-state index in [9.17, 15) is 4.79 Å². The topological polar surface area (TPSA) is 30.0 Å². The minimum Gasteiger partial charge on any atom is -0.294 e. The monoisotopic (exact) mass is 259 g/mol. The third-order valence-corrected chi connectivity index (χ3v) is 3.94. The largest absolute Gasteiger partial charge is 0.294 e. The van der Waals surface area contributed by atoms with Crippen molar-refractivity contribution in [2.24, 2.45) is 0 Å². The number of rotatable bonds is 5. The number of benzene rings is 1. The van der Waals surface area contributed by atoms with Crippen molar-refractivity contribution in [1.82, 2.24) is 4.98 Å². The molecule has 0 bridgehead atoms. The Hall–Kier alpha value is -1.48. The van der Waals surface area contributed by atoms with Crippen molar-refractivity contribution in [3.8, 4) is 0 Å². The molecule has 0 atom stereocenters. The van der Waals surface area contributed by atoms with Gasteiger partial charge in [-0.1, -0.05) is 43.7 Å². The third-order valence-electron chi connectivity index (χ3n) is 2.75. The molecule has 0 radical (unpaired) electrons. The molecule has 0 N–H and O–H groups in total. The fraction of sp³-hybridized carbons (Fsp3) is 0.333. The fourth-order valence-corrected chi connectivity index (χ4v) is 2.97. The lowest BCUT2D eigenvalue weighted by Crippen LogP contribution is -1.95. The summed E-state index contributed by atoms with van der Waals surface area (Å²) in [6.45, 7) is 3.74. The average molecular weight is 259 g/mol. The zero-order chi connectivity index (χ0) is 13.0. The van der Waals surface area contributed by atoms with E-state index in [2.05, 4.69) is 24.0 Å². The van der Waals surface area contributed by atoms with Crippen LogP contribution in [0.5, 0.6) is 0 Å². The van der Waals surface area contributed by atoms with Gasteiger partial charge < -0.3 is 0 Å². The maximum Gasteiger partial charge on any atom is 0.171 e.